The Morgan fingerprint density at radius 1 is 1.33 bits per heavy atom. The van der Waals surface area contributed by atoms with Gasteiger partial charge >= 0.3 is 5.97 Å². The molecular formula is C10H8F2O5S. The quantitative estimate of drug-likeness (QED) is 0.394. The molecule has 0 aliphatic carbocycles. The Hall–Kier alpha value is -1.80. The normalized spacial score (nSPS) is 11.1. The Kier molecular flexibility index (Phi) is 3.82. The number of esters is 1. The van der Waals surface area contributed by atoms with Gasteiger partial charge in [0, 0.05) is 5.57 Å². The number of rotatable bonds is 3. The van der Waals surface area contributed by atoms with Crippen LogP contribution in [0.2, 0.25) is 0 Å². The molecule has 0 radical (unpaired) electrons. The van der Waals surface area contributed by atoms with E-state index in [0.29, 0.717) is 12.1 Å². The van der Waals surface area contributed by atoms with E-state index in [1.54, 1.807) is 0 Å². The molecule has 0 aromatic heterocycles. The molecule has 0 saturated carbocycles. The molecule has 0 unspecified atom stereocenters. The van der Waals surface area contributed by atoms with E-state index in [1.807, 2.05) is 0 Å². The van der Waals surface area contributed by atoms with Gasteiger partial charge in [-0.05, 0) is 19.1 Å². The number of carbonyl (C=O) groups excluding carboxylic acids is 1. The Balaban J connectivity index is 3.26. The molecule has 0 atom stereocenters. The van der Waals surface area contributed by atoms with E-state index in [0.717, 1.165) is 0 Å². The minimum atomic E-state index is -4.75. The van der Waals surface area contributed by atoms with Crippen LogP contribution in [0.5, 0.6) is 5.75 Å². The van der Waals surface area contributed by atoms with E-state index in [9.17, 15) is 22.0 Å². The van der Waals surface area contributed by atoms with Gasteiger partial charge in [0.25, 0.3) is 10.1 Å². The Morgan fingerprint density at radius 2 is 1.78 bits per heavy atom. The molecule has 5 nitrogen and oxygen atoms in total. The highest BCUT2D eigenvalue weighted by Gasteiger charge is 2.21. The first-order chi connectivity index (χ1) is 8.12. The van der Waals surface area contributed by atoms with Gasteiger partial charge in [-0.15, -0.1) is 0 Å². The summed E-state index contributed by atoms with van der Waals surface area (Å²) < 4.78 is 61.0. The molecule has 0 aliphatic rings. The number of hydrogen-bond acceptors (Lipinski definition) is 4. The fourth-order valence-corrected chi connectivity index (χ4v) is 1.47. The average molecular weight is 278 g/mol. The second kappa shape index (κ2) is 4.83. The minimum absolute atomic E-state index is 0.0901. The van der Waals surface area contributed by atoms with Gasteiger partial charge in [0.15, 0.2) is 11.6 Å². The molecule has 0 heterocycles. The van der Waals surface area contributed by atoms with Crippen molar-refractivity contribution in [2.24, 2.45) is 0 Å². The van der Waals surface area contributed by atoms with Crippen LogP contribution < -0.4 is 4.74 Å². The zero-order valence-electron chi connectivity index (χ0n) is 9.11. The van der Waals surface area contributed by atoms with E-state index >= 15 is 0 Å². The molecule has 8 heteroatoms. The van der Waals surface area contributed by atoms with Crippen LogP contribution in [0.3, 0.4) is 0 Å². The van der Waals surface area contributed by atoms with Gasteiger partial charge in [0.05, 0.1) is 4.90 Å². The average Bonchev–Trinajstić information content (AvgIpc) is 2.21. The summed E-state index contributed by atoms with van der Waals surface area (Å²) >= 11 is 0. The lowest BCUT2D eigenvalue weighted by Crippen LogP contribution is -2.11. The third-order valence-corrected chi connectivity index (χ3v) is 2.64. The maximum absolute atomic E-state index is 13.3. The van der Waals surface area contributed by atoms with Crippen molar-refractivity contribution in [2.75, 3.05) is 0 Å². The second-order valence-electron chi connectivity index (χ2n) is 3.36. The smallest absolute Gasteiger partial charge is 0.338 e. The van der Waals surface area contributed by atoms with E-state index in [-0.39, 0.29) is 5.57 Å². The van der Waals surface area contributed by atoms with Gasteiger partial charge in [-0.2, -0.15) is 8.42 Å². The van der Waals surface area contributed by atoms with Crippen LogP contribution in [0.15, 0.2) is 29.2 Å². The zero-order chi connectivity index (χ0) is 14.1. The molecule has 1 aromatic carbocycles. The van der Waals surface area contributed by atoms with Crippen molar-refractivity contribution in [3.63, 3.8) is 0 Å². The topological polar surface area (TPSA) is 80.7 Å². The number of halogens is 2. The van der Waals surface area contributed by atoms with Crippen molar-refractivity contribution in [1.82, 2.24) is 0 Å². The first kappa shape index (κ1) is 14.3. The van der Waals surface area contributed by atoms with E-state index in [2.05, 4.69) is 11.3 Å². The van der Waals surface area contributed by atoms with Crippen LogP contribution in [0.1, 0.15) is 6.92 Å². The first-order valence-corrected chi connectivity index (χ1v) is 5.91. The number of benzene rings is 1. The maximum Gasteiger partial charge on any atom is 0.338 e. The summed E-state index contributed by atoms with van der Waals surface area (Å²) in [6.45, 7) is 4.48. The minimum Gasteiger partial charge on any atom is -0.417 e. The van der Waals surface area contributed by atoms with E-state index in [1.165, 1.54) is 6.92 Å². The van der Waals surface area contributed by atoms with Crippen LogP contribution in [0, 0.1) is 11.6 Å². The van der Waals surface area contributed by atoms with Crippen LogP contribution in [0.4, 0.5) is 8.78 Å². The van der Waals surface area contributed by atoms with Crippen molar-refractivity contribution in [2.45, 2.75) is 11.8 Å². The summed E-state index contributed by atoms with van der Waals surface area (Å²) in [5.41, 5.74) is -0.0901. The van der Waals surface area contributed by atoms with Gasteiger partial charge in [0.1, 0.15) is 0 Å². The van der Waals surface area contributed by atoms with Gasteiger partial charge in [-0.3, -0.25) is 4.55 Å². The van der Waals surface area contributed by atoms with Crippen molar-refractivity contribution in [3.05, 3.63) is 35.9 Å². The van der Waals surface area contributed by atoms with E-state index < -0.39 is 38.4 Å². The van der Waals surface area contributed by atoms with Crippen molar-refractivity contribution in [1.29, 1.82) is 0 Å². The molecule has 0 bridgehead atoms. The lowest BCUT2D eigenvalue weighted by molar-refractivity contribution is -0.130. The summed E-state index contributed by atoms with van der Waals surface area (Å²) in [6.07, 6.45) is 0. The fourth-order valence-electron chi connectivity index (χ4n) is 0.963. The summed E-state index contributed by atoms with van der Waals surface area (Å²) in [7, 11) is -4.75. The molecule has 1 rings (SSSR count). The molecule has 0 saturated heterocycles. The van der Waals surface area contributed by atoms with Gasteiger partial charge in [-0.25, -0.2) is 13.6 Å². The molecule has 0 amide bonds. The standard InChI is InChI=1S/C10H8F2O5S/c1-5(2)10(13)17-9-7(11)3-6(4-8(9)12)18(14,15)16/h3-4H,1H2,2H3,(H,14,15,16). The number of ether oxygens (including phenoxy) is 1. The van der Waals surface area contributed by atoms with Gasteiger partial charge in [0.2, 0.25) is 5.75 Å². The predicted octanol–water partition coefficient (Wildman–Crippen LogP) is 1.69. The Bertz CT molecular complexity index is 598. The summed E-state index contributed by atoms with van der Waals surface area (Å²) in [6, 6.07) is 0.666. The third-order valence-electron chi connectivity index (χ3n) is 1.81. The largest absolute Gasteiger partial charge is 0.417 e. The highest BCUT2D eigenvalue weighted by atomic mass is 32.2. The summed E-state index contributed by atoms with van der Waals surface area (Å²) in [5, 5.41) is 0. The molecular weight excluding hydrogens is 270 g/mol. The zero-order valence-corrected chi connectivity index (χ0v) is 9.92. The SMILES string of the molecule is C=C(C)C(=O)Oc1c(F)cc(S(=O)(=O)O)cc1F. The third kappa shape index (κ3) is 3.11. The van der Waals surface area contributed by atoms with Crippen LogP contribution in [-0.2, 0) is 14.9 Å². The van der Waals surface area contributed by atoms with Gasteiger partial charge in [-0.1, -0.05) is 6.58 Å². The monoisotopic (exact) mass is 278 g/mol. The molecule has 98 valence electrons. The Morgan fingerprint density at radius 3 is 2.11 bits per heavy atom. The van der Waals surface area contributed by atoms with Crippen LogP contribution >= 0.6 is 0 Å². The second-order valence-corrected chi connectivity index (χ2v) is 4.78. The lowest BCUT2D eigenvalue weighted by atomic mass is 10.3. The van der Waals surface area contributed by atoms with Crippen LogP contribution in [0.25, 0.3) is 0 Å². The lowest BCUT2D eigenvalue weighted by Gasteiger charge is -2.07. The van der Waals surface area contributed by atoms with Crippen molar-refractivity contribution >= 4 is 16.1 Å². The van der Waals surface area contributed by atoms with Gasteiger partial charge < -0.3 is 4.74 Å². The summed E-state index contributed by atoms with van der Waals surface area (Å²) in [4.78, 5) is 10.1. The fraction of sp³-hybridized carbons (Fsp3) is 0.100. The Labute approximate surface area is 101 Å². The first-order valence-electron chi connectivity index (χ1n) is 4.47. The summed E-state index contributed by atoms with van der Waals surface area (Å²) in [5.74, 6) is -4.99. The molecule has 0 fully saturated rings. The van der Waals surface area contributed by atoms with Crippen molar-refractivity contribution < 1.29 is 31.3 Å². The molecule has 1 aromatic rings. The number of hydrogen-bond donors (Lipinski definition) is 1. The molecule has 18 heavy (non-hydrogen) atoms. The maximum atomic E-state index is 13.3. The van der Waals surface area contributed by atoms with Crippen molar-refractivity contribution in [3.8, 4) is 5.75 Å². The molecule has 1 N–H and O–H groups in total. The number of carbonyl (C=O) groups is 1. The van der Waals surface area contributed by atoms with Crippen LogP contribution in [-0.4, -0.2) is 18.9 Å². The molecule has 0 spiro atoms. The van der Waals surface area contributed by atoms with E-state index in [4.69, 9.17) is 4.55 Å². The highest BCUT2D eigenvalue weighted by Crippen LogP contribution is 2.25. The highest BCUT2D eigenvalue weighted by molar-refractivity contribution is 7.85. The predicted molar refractivity (Wildman–Crippen MR) is 56.6 cm³/mol. The molecule has 0 aliphatic heterocycles.